The van der Waals surface area contributed by atoms with Gasteiger partial charge < -0.3 is 15.2 Å². The summed E-state index contributed by atoms with van der Waals surface area (Å²) in [6.45, 7) is 4.25. The molecule has 0 aromatic heterocycles. The van der Waals surface area contributed by atoms with Gasteiger partial charge in [-0.2, -0.15) is 0 Å². The lowest BCUT2D eigenvalue weighted by atomic mass is 9.74. The van der Waals surface area contributed by atoms with Gasteiger partial charge in [0.25, 0.3) is 0 Å². The van der Waals surface area contributed by atoms with E-state index in [1.165, 1.54) is 0 Å². The van der Waals surface area contributed by atoms with Crippen molar-refractivity contribution in [3.05, 3.63) is 0 Å². The zero-order valence-corrected chi connectivity index (χ0v) is 11.2. The summed E-state index contributed by atoms with van der Waals surface area (Å²) in [5, 5.41) is 0. The molecule has 0 aliphatic heterocycles. The first-order valence-electron chi connectivity index (χ1n) is 6.68. The van der Waals surface area contributed by atoms with E-state index in [2.05, 4.69) is 0 Å². The number of ether oxygens (including phenoxy) is 2. The summed E-state index contributed by atoms with van der Waals surface area (Å²) in [5.41, 5.74) is 6.00. The number of esters is 2. The molecule has 1 rings (SSSR count). The summed E-state index contributed by atoms with van der Waals surface area (Å²) < 4.78 is 9.99. The van der Waals surface area contributed by atoms with Gasteiger partial charge in [0.1, 0.15) is 0 Å². The molecular weight excluding hydrogens is 234 g/mol. The molecule has 0 aromatic carbocycles. The minimum Gasteiger partial charge on any atom is -0.466 e. The molecule has 2 N–H and O–H groups in total. The summed E-state index contributed by atoms with van der Waals surface area (Å²) >= 11 is 0. The van der Waals surface area contributed by atoms with Gasteiger partial charge in [0.2, 0.25) is 0 Å². The first-order chi connectivity index (χ1) is 8.60. The van der Waals surface area contributed by atoms with Crippen LogP contribution >= 0.6 is 0 Å². The summed E-state index contributed by atoms with van der Waals surface area (Å²) in [7, 11) is 0. The van der Waals surface area contributed by atoms with Crippen LogP contribution in [0.1, 0.15) is 39.5 Å². The second kappa shape index (κ2) is 7.36. The molecule has 0 unspecified atom stereocenters. The largest absolute Gasteiger partial charge is 0.466 e. The van der Waals surface area contributed by atoms with Gasteiger partial charge in [0, 0.05) is 12.5 Å². The van der Waals surface area contributed by atoms with Crippen molar-refractivity contribution in [1.29, 1.82) is 0 Å². The number of hydrogen-bond acceptors (Lipinski definition) is 5. The van der Waals surface area contributed by atoms with Gasteiger partial charge in [-0.25, -0.2) is 0 Å². The highest BCUT2D eigenvalue weighted by atomic mass is 16.5. The van der Waals surface area contributed by atoms with Gasteiger partial charge in [-0.05, 0) is 32.6 Å². The van der Waals surface area contributed by atoms with Gasteiger partial charge in [0.05, 0.1) is 19.1 Å². The van der Waals surface area contributed by atoms with E-state index in [-0.39, 0.29) is 36.2 Å². The first-order valence-corrected chi connectivity index (χ1v) is 6.68. The highest BCUT2D eigenvalue weighted by Gasteiger charge is 2.38. The van der Waals surface area contributed by atoms with Crippen LogP contribution in [0, 0.1) is 11.8 Å². The SMILES string of the molecule is CCOC(=O)C[C@@H]1CCC[C@H](N)[C@H]1C(=O)OCC. The van der Waals surface area contributed by atoms with Crippen LogP contribution in [0.5, 0.6) is 0 Å². The Labute approximate surface area is 108 Å². The number of hydrogen-bond donors (Lipinski definition) is 1. The zero-order chi connectivity index (χ0) is 13.5. The fourth-order valence-electron chi connectivity index (χ4n) is 2.59. The molecule has 5 heteroatoms. The predicted octanol–water partition coefficient (Wildman–Crippen LogP) is 1.25. The molecule has 18 heavy (non-hydrogen) atoms. The Balaban J connectivity index is 2.66. The van der Waals surface area contributed by atoms with E-state index in [1.54, 1.807) is 13.8 Å². The minimum absolute atomic E-state index is 0.0492. The predicted molar refractivity (Wildman–Crippen MR) is 66.7 cm³/mol. The molecule has 1 saturated carbocycles. The second-order valence-electron chi connectivity index (χ2n) is 4.64. The molecule has 0 aromatic rings. The molecule has 1 aliphatic rings. The van der Waals surface area contributed by atoms with Gasteiger partial charge >= 0.3 is 11.9 Å². The molecule has 0 amide bonds. The van der Waals surface area contributed by atoms with Gasteiger partial charge in [-0.3, -0.25) is 9.59 Å². The Bertz CT molecular complexity index is 293. The maximum Gasteiger partial charge on any atom is 0.310 e. The van der Waals surface area contributed by atoms with Crippen LogP contribution in [0.3, 0.4) is 0 Å². The number of rotatable bonds is 5. The van der Waals surface area contributed by atoms with Gasteiger partial charge in [-0.15, -0.1) is 0 Å². The van der Waals surface area contributed by atoms with E-state index in [4.69, 9.17) is 15.2 Å². The van der Waals surface area contributed by atoms with Crippen molar-refractivity contribution in [2.24, 2.45) is 17.6 Å². The van der Waals surface area contributed by atoms with E-state index in [0.717, 1.165) is 19.3 Å². The molecule has 5 nitrogen and oxygen atoms in total. The Kier molecular flexibility index (Phi) is 6.12. The summed E-state index contributed by atoms with van der Waals surface area (Å²) in [6.07, 6.45) is 2.84. The molecule has 0 spiro atoms. The summed E-state index contributed by atoms with van der Waals surface area (Å²) in [4.78, 5) is 23.4. The number of carbonyl (C=O) groups is 2. The Morgan fingerprint density at radius 3 is 2.44 bits per heavy atom. The lowest BCUT2D eigenvalue weighted by molar-refractivity contribution is -0.154. The fraction of sp³-hybridized carbons (Fsp3) is 0.846. The van der Waals surface area contributed by atoms with Crippen LogP contribution in [0.2, 0.25) is 0 Å². The van der Waals surface area contributed by atoms with Crippen LogP contribution < -0.4 is 5.73 Å². The normalized spacial score (nSPS) is 27.6. The van der Waals surface area contributed by atoms with Crippen LogP contribution in [0.15, 0.2) is 0 Å². The summed E-state index contributed by atoms with van der Waals surface area (Å²) in [6, 6.07) is -0.211. The third-order valence-corrected chi connectivity index (χ3v) is 3.37. The van der Waals surface area contributed by atoms with Gasteiger partial charge in [0.15, 0.2) is 0 Å². The zero-order valence-electron chi connectivity index (χ0n) is 11.2. The fourth-order valence-corrected chi connectivity index (χ4v) is 2.59. The molecular formula is C13H23NO4. The quantitative estimate of drug-likeness (QED) is 0.750. The maximum absolute atomic E-state index is 11.9. The topological polar surface area (TPSA) is 78.6 Å². The molecule has 0 heterocycles. The van der Waals surface area contributed by atoms with Crippen LogP contribution in [-0.2, 0) is 19.1 Å². The lowest BCUT2D eigenvalue weighted by Gasteiger charge is -2.34. The smallest absolute Gasteiger partial charge is 0.310 e. The van der Waals surface area contributed by atoms with Crippen molar-refractivity contribution in [2.45, 2.75) is 45.6 Å². The molecule has 0 radical (unpaired) electrons. The maximum atomic E-state index is 11.9. The first kappa shape index (κ1) is 15.0. The van der Waals surface area contributed by atoms with E-state index < -0.39 is 0 Å². The minimum atomic E-state index is -0.372. The average Bonchev–Trinajstić information content (AvgIpc) is 2.29. The van der Waals surface area contributed by atoms with Crippen LogP contribution in [0.25, 0.3) is 0 Å². The third kappa shape index (κ3) is 3.98. The van der Waals surface area contributed by atoms with Crippen molar-refractivity contribution < 1.29 is 19.1 Å². The Morgan fingerprint density at radius 1 is 1.17 bits per heavy atom. The van der Waals surface area contributed by atoms with E-state index in [9.17, 15) is 9.59 Å². The molecule has 0 bridgehead atoms. The third-order valence-electron chi connectivity index (χ3n) is 3.37. The van der Waals surface area contributed by atoms with Crippen molar-refractivity contribution >= 4 is 11.9 Å². The van der Waals surface area contributed by atoms with Crippen LogP contribution in [-0.4, -0.2) is 31.2 Å². The Hall–Kier alpha value is -1.10. The van der Waals surface area contributed by atoms with E-state index in [0.29, 0.717) is 13.2 Å². The molecule has 1 aliphatic carbocycles. The molecule has 104 valence electrons. The van der Waals surface area contributed by atoms with Crippen molar-refractivity contribution in [1.82, 2.24) is 0 Å². The molecule has 3 atom stereocenters. The number of carbonyl (C=O) groups excluding carboxylic acids is 2. The lowest BCUT2D eigenvalue weighted by Crippen LogP contribution is -2.45. The monoisotopic (exact) mass is 257 g/mol. The number of nitrogens with two attached hydrogens (primary N) is 1. The van der Waals surface area contributed by atoms with Gasteiger partial charge in [-0.1, -0.05) is 6.42 Å². The van der Waals surface area contributed by atoms with E-state index >= 15 is 0 Å². The Morgan fingerprint density at radius 2 is 1.83 bits per heavy atom. The summed E-state index contributed by atoms with van der Waals surface area (Å²) in [5.74, 6) is -0.958. The van der Waals surface area contributed by atoms with E-state index in [1.807, 2.05) is 0 Å². The highest BCUT2D eigenvalue weighted by Crippen LogP contribution is 2.33. The van der Waals surface area contributed by atoms with Crippen molar-refractivity contribution in [3.8, 4) is 0 Å². The highest BCUT2D eigenvalue weighted by molar-refractivity contribution is 5.76. The van der Waals surface area contributed by atoms with Crippen LogP contribution in [0.4, 0.5) is 0 Å². The molecule has 1 fully saturated rings. The average molecular weight is 257 g/mol. The standard InChI is InChI=1S/C13H23NO4/c1-3-17-11(15)8-9-6-5-7-10(14)12(9)13(16)18-4-2/h9-10,12H,3-8,14H2,1-2H3/t9-,10-,12-/m0/s1. The van der Waals surface area contributed by atoms with Crippen molar-refractivity contribution in [3.63, 3.8) is 0 Å². The molecule has 0 saturated heterocycles. The van der Waals surface area contributed by atoms with Crippen molar-refractivity contribution in [2.75, 3.05) is 13.2 Å². The second-order valence-corrected chi connectivity index (χ2v) is 4.64.